The van der Waals surface area contributed by atoms with Gasteiger partial charge in [-0.1, -0.05) is 27.7 Å². The zero-order valence-electron chi connectivity index (χ0n) is 11.6. The van der Waals surface area contributed by atoms with E-state index in [1.807, 2.05) is 27.7 Å². The summed E-state index contributed by atoms with van der Waals surface area (Å²) < 4.78 is 19.6. The van der Waals surface area contributed by atoms with Gasteiger partial charge in [-0.15, -0.1) is 0 Å². The summed E-state index contributed by atoms with van der Waals surface area (Å²) in [5.74, 6) is 0. The van der Waals surface area contributed by atoms with E-state index in [-0.39, 0.29) is 27.9 Å². The van der Waals surface area contributed by atoms with Crippen LogP contribution in [0.1, 0.15) is 27.7 Å². The number of hydrogen-bond acceptors (Lipinski definition) is 6. The summed E-state index contributed by atoms with van der Waals surface area (Å²) in [7, 11) is -3.10. The summed E-state index contributed by atoms with van der Waals surface area (Å²) in [5, 5.41) is 0. The molecule has 2 N–H and O–H groups in total. The van der Waals surface area contributed by atoms with Gasteiger partial charge < -0.3 is 27.9 Å². The molecule has 0 saturated carbocycles. The smallest absolute Gasteiger partial charge is 0.328 e. The Balaban J connectivity index is 0.000000324. The van der Waals surface area contributed by atoms with Crippen LogP contribution in [0, 0.1) is 10.8 Å². The molecule has 0 amide bonds. The standard InChI is InChI=1S/2C5H11O3P.Cu/c2*1-5(2)3-7-9(6)8-4-5;/h2*6H,3-4H2,1-2H3;. The van der Waals surface area contributed by atoms with Crippen LogP contribution >= 0.6 is 17.2 Å². The van der Waals surface area contributed by atoms with Crippen LogP contribution in [0.3, 0.4) is 0 Å². The molecule has 0 spiro atoms. The maximum absolute atomic E-state index is 8.76. The molecule has 119 valence electrons. The first-order valence-corrected chi connectivity index (χ1v) is 7.96. The Morgan fingerprint density at radius 2 is 0.895 bits per heavy atom. The van der Waals surface area contributed by atoms with Gasteiger partial charge in [-0.2, -0.15) is 0 Å². The minimum Gasteiger partial charge on any atom is -0.328 e. The minimum absolute atomic E-state index is 0. The molecular formula is C10H22CuO6P2. The van der Waals surface area contributed by atoms with Crippen molar-refractivity contribution in [2.75, 3.05) is 26.4 Å². The molecule has 0 aromatic carbocycles. The molecule has 0 unspecified atom stereocenters. The van der Waals surface area contributed by atoms with Crippen molar-refractivity contribution in [2.24, 2.45) is 10.8 Å². The van der Waals surface area contributed by atoms with E-state index < -0.39 is 17.2 Å². The minimum atomic E-state index is -1.55. The molecule has 2 saturated heterocycles. The van der Waals surface area contributed by atoms with Crippen LogP contribution in [0.2, 0.25) is 0 Å². The van der Waals surface area contributed by atoms with Crippen molar-refractivity contribution in [3.05, 3.63) is 0 Å². The Labute approximate surface area is 127 Å². The van der Waals surface area contributed by atoms with Gasteiger partial charge in [-0.05, 0) is 0 Å². The molecule has 0 aromatic rings. The van der Waals surface area contributed by atoms with E-state index >= 15 is 0 Å². The van der Waals surface area contributed by atoms with E-state index in [4.69, 9.17) is 27.9 Å². The second-order valence-corrected chi connectivity index (χ2v) is 7.88. The Kier molecular flexibility index (Phi) is 9.06. The van der Waals surface area contributed by atoms with Gasteiger partial charge in [0.1, 0.15) is 0 Å². The summed E-state index contributed by atoms with van der Waals surface area (Å²) in [6.07, 6.45) is 0. The van der Waals surface area contributed by atoms with E-state index in [0.29, 0.717) is 26.4 Å². The van der Waals surface area contributed by atoms with Crippen molar-refractivity contribution in [1.82, 2.24) is 0 Å². The molecule has 0 aliphatic carbocycles. The maximum Gasteiger partial charge on any atom is 0.329 e. The molecule has 2 aliphatic heterocycles. The van der Waals surface area contributed by atoms with E-state index in [2.05, 4.69) is 0 Å². The van der Waals surface area contributed by atoms with Crippen molar-refractivity contribution < 1.29 is 45.0 Å². The Morgan fingerprint density at radius 3 is 1.05 bits per heavy atom. The predicted molar refractivity (Wildman–Crippen MR) is 69.6 cm³/mol. The topological polar surface area (TPSA) is 77.4 Å². The van der Waals surface area contributed by atoms with E-state index in [0.717, 1.165) is 0 Å². The summed E-state index contributed by atoms with van der Waals surface area (Å²) >= 11 is 0. The van der Waals surface area contributed by atoms with Gasteiger partial charge in [0.2, 0.25) is 0 Å². The first-order chi connectivity index (χ1) is 8.20. The van der Waals surface area contributed by atoms with Crippen molar-refractivity contribution >= 4 is 17.2 Å². The summed E-state index contributed by atoms with van der Waals surface area (Å²) in [5.41, 5.74) is 0.142. The molecule has 2 heterocycles. The molecule has 0 aromatic heterocycles. The third kappa shape index (κ3) is 8.90. The molecule has 1 radical (unpaired) electrons. The van der Waals surface area contributed by atoms with Crippen LogP contribution in [-0.4, -0.2) is 36.2 Å². The maximum atomic E-state index is 8.76. The molecule has 19 heavy (non-hydrogen) atoms. The Bertz CT molecular complexity index is 220. The SMILES string of the molecule is CC1(C)COP(O)OC1.CC1(C)COP(O)OC1.[Cu]. The van der Waals surface area contributed by atoms with Gasteiger partial charge in [0.15, 0.2) is 0 Å². The molecule has 2 rings (SSSR count). The molecule has 2 aliphatic rings. The molecular weight excluding hydrogens is 342 g/mol. The first kappa shape index (κ1) is 20.1. The Hall–Kier alpha value is 1.14. The zero-order valence-corrected chi connectivity index (χ0v) is 14.3. The van der Waals surface area contributed by atoms with Crippen molar-refractivity contribution in [1.29, 1.82) is 0 Å². The average Bonchev–Trinajstić information content (AvgIpc) is 2.28. The predicted octanol–water partition coefficient (Wildman–Crippen LogP) is 2.55. The molecule has 6 nitrogen and oxygen atoms in total. The van der Waals surface area contributed by atoms with Crippen molar-refractivity contribution in [3.8, 4) is 0 Å². The first-order valence-electron chi connectivity index (χ1n) is 5.70. The van der Waals surface area contributed by atoms with Crippen molar-refractivity contribution in [3.63, 3.8) is 0 Å². The van der Waals surface area contributed by atoms with Crippen LogP contribution in [0.25, 0.3) is 0 Å². The van der Waals surface area contributed by atoms with E-state index in [1.165, 1.54) is 0 Å². The molecule has 9 heteroatoms. The van der Waals surface area contributed by atoms with Gasteiger partial charge >= 0.3 is 17.2 Å². The third-order valence-corrected chi connectivity index (χ3v) is 3.66. The van der Waals surface area contributed by atoms with Crippen LogP contribution in [0.4, 0.5) is 0 Å². The van der Waals surface area contributed by atoms with Crippen LogP contribution in [0.5, 0.6) is 0 Å². The summed E-state index contributed by atoms with van der Waals surface area (Å²) in [4.78, 5) is 17.5. The van der Waals surface area contributed by atoms with Gasteiger partial charge in [-0.3, -0.25) is 0 Å². The van der Waals surface area contributed by atoms with Crippen LogP contribution in [-0.2, 0) is 35.2 Å². The van der Waals surface area contributed by atoms with E-state index in [9.17, 15) is 0 Å². The van der Waals surface area contributed by atoms with Gasteiger partial charge in [0.25, 0.3) is 0 Å². The van der Waals surface area contributed by atoms with Crippen LogP contribution in [0.15, 0.2) is 0 Å². The normalized spacial score (nSPS) is 26.8. The van der Waals surface area contributed by atoms with Gasteiger partial charge in [0, 0.05) is 27.9 Å². The second kappa shape index (κ2) is 8.55. The molecule has 0 bridgehead atoms. The third-order valence-electron chi connectivity index (χ3n) is 2.26. The van der Waals surface area contributed by atoms with Gasteiger partial charge in [-0.25, -0.2) is 0 Å². The van der Waals surface area contributed by atoms with E-state index in [1.54, 1.807) is 0 Å². The largest absolute Gasteiger partial charge is 0.329 e. The number of rotatable bonds is 0. The summed E-state index contributed by atoms with van der Waals surface area (Å²) in [6.45, 7) is 10.5. The monoisotopic (exact) mass is 363 g/mol. The fourth-order valence-electron chi connectivity index (χ4n) is 1.08. The van der Waals surface area contributed by atoms with Crippen LogP contribution < -0.4 is 0 Å². The Morgan fingerprint density at radius 1 is 0.684 bits per heavy atom. The number of hydrogen-bond donors (Lipinski definition) is 2. The quantitative estimate of drug-likeness (QED) is 0.509. The molecule has 2 fully saturated rings. The summed E-state index contributed by atoms with van der Waals surface area (Å²) in [6, 6.07) is 0. The zero-order chi connectivity index (χ0) is 13.8. The second-order valence-electron chi connectivity index (χ2n) is 5.90. The van der Waals surface area contributed by atoms with Crippen molar-refractivity contribution in [2.45, 2.75) is 27.7 Å². The fraction of sp³-hybridized carbons (Fsp3) is 1.00. The average molecular weight is 364 g/mol. The molecule has 0 atom stereocenters. The van der Waals surface area contributed by atoms with Gasteiger partial charge in [0.05, 0.1) is 26.4 Å². The fourth-order valence-corrected chi connectivity index (χ4v) is 3.07.